The summed E-state index contributed by atoms with van der Waals surface area (Å²) in [5, 5.41) is 16.3. The number of urea groups is 1. The molecular formula is C14H20N4O3. The van der Waals surface area contributed by atoms with Gasteiger partial charge in [-0.1, -0.05) is 0 Å². The Bertz CT molecular complexity index is 556. The minimum Gasteiger partial charge on any atom is -0.481 e. The van der Waals surface area contributed by atoms with Gasteiger partial charge >= 0.3 is 12.0 Å². The van der Waals surface area contributed by atoms with Crippen molar-refractivity contribution in [3.05, 3.63) is 18.0 Å². The van der Waals surface area contributed by atoms with E-state index in [1.807, 2.05) is 19.3 Å². The summed E-state index contributed by atoms with van der Waals surface area (Å²) in [6.07, 6.45) is 4.86. The third-order valence-electron chi connectivity index (χ3n) is 4.51. The van der Waals surface area contributed by atoms with Crippen LogP contribution in [0.2, 0.25) is 0 Å². The number of nitrogens with one attached hydrogen (secondary N) is 1. The fourth-order valence-corrected chi connectivity index (χ4v) is 3.56. The van der Waals surface area contributed by atoms with Crippen molar-refractivity contribution >= 4 is 12.0 Å². The summed E-state index contributed by atoms with van der Waals surface area (Å²) in [5.41, 5.74) is 0.936. The number of carboxylic acids is 1. The first kappa shape index (κ1) is 13.9. The number of aliphatic carboxylic acids is 1. The topological polar surface area (TPSA) is 87.5 Å². The van der Waals surface area contributed by atoms with E-state index in [9.17, 15) is 14.7 Å². The summed E-state index contributed by atoms with van der Waals surface area (Å²) < 4.78 is 1.73. The van der Waals surface area contributed by atoms with E-state index >= 15 is 0 Å². The number of aromatic nitrogens is 2. The monoisotopic (exact) mass is 292 g/mol. The van der Waals surface area contributed by atoms with Gasteiger partial charge in [0.1, 0.15) is 0 Å². The predicted octanol–water partition coefficient (Wildman–Crippen LogP) is 0.610. The van der Waals surface area contributed by atoms with Crippen LogP contribution in [0, 0.1) is 5.92 Å². The number of carbonyl (C=O) groups is 2. The molecule has 1 aromatic rings. The van der Waals surface area contributed by atoms with E-state index in [4.69, 9.17) is 0 Å². The average molecular weight is 292 g/mol. The number of amides is 2. The Kier molecular flexibility index (Phi) is 3.57. The highest BCUT2D eigenvalue weighted by Gasteiger charge is 2.51. The van der Waals surface area contributed by atoms with Crippen LogP contribution in [0.3, 0.4) is 0 Å². The van der Waals surface area contributed by atoms with Gasteiger partial charge in [-0.05, 0) is 25.3 Å². The standard InChI is InChI=1S/C14H20N4O3/c1-17-7-5-9(16-17)4-6-15-14(21)18-10-2-3-12(18)11(8-10)13(19)20/h5,7,10-12H,2-4,6,8H2,1H3,(H,15,21)(H,19,20). The average Bonchev–Trinajstić information content (AvgIpc) is 3.12. The number of fused-ring (bicyclic) bond motifs is 2. The molecule has 2 aliphatic rings. The molecule has 0 aromatic carbocycles. The molecule has 3 rings (SSSR count). The Labute approximate surface area is 122 Å². The second-order valence-corrected chi connectivity index (χ2v) is 5.85. The lowest BCUT2D eigenvalue weighted by atomic mass is 9.89. The summed E-state index contributed by atoms with van der Waals surface area (Å²) in [7, 11) is 1.86. The van der Waals surface area contributed by atoms with Crippen LogP contribution < -0.4 is 5.32 Å². The van der Waals surface area contributed by atoms with Gasteiger partial charge < -0.3 is 15.3 Å². The second-order valence-electron chi connectivity index (χ2n) is 5.85. The highest BCUT2D eigenvalue weighted by Crippen LogP contribution is 2.41. The van der Waals surface area contributed by atoms with Crippen LogP contribution in [0.5, 0.6) is 0 Å². The van der Waals surface area contributed by atoms with Crippen LogP contribution in [0.4, 0.5) is 4.79 Å². The third kappa shape index (κ3) is 2.59. The maximum atomic E-state index is 12.3. The number of aryl methyl sites for hydroxylation is 1. The van der Waals surface area contributed by atoms with Crippen LogP contribution in [0.25, 0.3) is 0 Å². The van der Waals surface area contributed by atoms with E-state index in [1.165, 1.54) is 0 Å². The molecule has 2 bridgehead atoms. The molecule has 3 unspecified atom stereocenters. The van der Waals surface area contributed by atoms with Gasteiger partial charge in [-0.25, -0.2) is 4.79 Å². The summed E-state index contributed by atoms with van der Waals surface area (Å²) in [4.78, 5) is 25.2. The van der Waals surface area contributed by atoms with Gasteiger partial charge in [0.05, 0.1) is 11.6 Å². The maximum Gasteiger partial charge on any atom is 0.317 e. The molecule has 3 atom stereocenters. The lowest BCUT2D eigenvalue weighted by Crippen LogP contribution is -2.44. The summed E-state index contributed by atoms with van der Waals surface area (Å²) in [6, 6.07) is 1.74. The Morgan fingerprint density at radius 3 is 2.90 bits per heavy atom. The van der Waals surface area contributed by atoms with E-state index in [0.717, 1.165) is 18.5 Å². The first-order chi connectivity index (χ1) is 10.1. The fraction of sp³-hybridized carbons (Fsp3) is 0.643. The van der Waals surface area contributed by atoms with Gasteiger partial charge in [-0.3, -0.25) is 9.48 Å². The van der Waals surface area contributed by atoms with E-state index in [2.05, 4.69) is 10.4 Å². The van der Waals surface area contributed by atoms with E-state index in [0.29, 0.717) is 19.4 Å². The van der Waals surface area contributed by atoms with E-state index in [1.54, 1.807) is 9.58 Å². The van der Waals surface area contributed by atoms with Crippen molar-refractivity contribution in [2.75, 3.05) is 6.54 Å². The molecule has 21 heavy (non-hydrogen) atoms. The number of carboxylic acid groups (broad SMARTS) is 1. The van der Waals surface area contributed by atoms with Crippen LogP contribution in [-0.2, 0) is 18.3 Å². The number of nitrogens with zero attached hydrogens (tertiary/aromatic N) is 3. The summed E-state index contributed by atoms with van der Waals surface area (Å²) in [5.74, 6) is -1.18. The van der Waals surface area contributed by atoms with Gasteiger partial charge in [0, 0.05) is 38.3 Å². The van der Waals surface area contributed by atoms with Gasteiger partial charge in [0.25, 0.3) is 0 Å². The smallest absolute Gasteiger partial charge is 0.317 e. The Morgan fingerprint density at radius 1 is 1.48 bits per heavy atom. The van der Waals surface area contributed by atoms with Crippen molar-refractivity contribution in [1.82, 2.24) is 20.0 Å². The van der Waals surface area contributed by atoms with Gasteiger partial charge in [-0.2, -0.15) is 5.10 Å². The normalized spacial score (nSPS) is 27.1. The van der Waals surface area contributed by atoms with Crippen LogP contribution in [0.15, 0.2) is 12.3 Å². The van der Waals surface area contributed by atoms with Crippen molar-refractivity contribution in [1.29, 1.82) is 0 Å². The molecule has 2 amide bonds. The lowest BCUT2D eigenvalue weighted by Gasteiger charge is -2.23. The van der Waals surface area contributed by atoms with E-state index < -0.39 is 11.9 Å². The predicted molar refractivity (Wildman–Crippen MR) is 74.7 cm³/mol. The Balaban J connectivity index is 1.53. The fourth-order valence-electron chi connectivity index (χ4n) is 3.56. The molecule has 7 heteroatoms. The molecule has 2 fully saturated rings. The zero-order valence-electron chi connectivity index (χ0n) is 12.0. The van der Waals surface area contributed by atoms with Crippen LogP contribution in [0.1, 0.15) is 25.0 Å². The summed E-state index contributed by atoms with van der Waals surface area (Å²) >= 11 is 0. The zero-order chi connectivity index (χ0) is 15.0. The van der Waals surface area contributed by atoms with Crippen molar-refractivity contribution < 1.29 is 14.7 Å². The number of rotatable bonds is 4. The minimum absolute atomic E-state index is 0.0888. The van der Waals surface area contributed by atoms with Gasteiger partial charge in [0.2, 0.25) is 0 Å². The van der Waals surface area contributed by atoms with Crippen molar-refractivity contribution in [2.45, 2.75) is 37.8 Å². The SMILES string of the molecule is Cn1ccc(CCNC(=O)N2C3CCC2C(C(=O)O)C3)n1. The number of hydrogen-bond acceptors (Lipinski definition) is 3. The molecule has 114 valence electrons. The molecule has 2 aliphatic heterocycles. The van der Waals surface area contributed by atoms with Crippen molar-refractivity contribution in [2.24, 2.45) is 13.0 Å². The zero-order valence-corrected chi connectivity index (χ0v) is 12.0. The number of hydrogen-bond donors (Lipinski definition) is 2. The molecule has 0 spiro atoms. The molecule has 0 radical (unpaired) electrons. The summed E-state index contributed by atoms with van der Waals surface area (Å²) in [6.45, 7) is 0.517. The maximum absolute atomic E-state index is 12.3. The van der Waals surface area contributed by atoms with Gasteiger partial charge in [0.15, 0.2) is 0 Å². The highest BCUT2D eigenvalue weighted by atomic mass is 16.4. The third-order valence-corrected chi connectivity index (χ3v) is 4.51. The minimum atomic E-state index is -0.784. The van der Waals surface area contributed by atoms with E-state index in [-0.39, 0.29) is 18.1 Å². The largest absolute Gasteiger partial charge is 0.481 e. The lowest BCUT2D eigenvalue weighted by molar-refractivity contribution is -0.142. The molecule has 2 N–H and O–H groups in total. The molecule has 0 saturated carbocycles. The molecule has 0 aliphatic carbocycles. The molecule has 7 nitrogen and oxygen atoms in total. The molecule has 1 aromatic heterocycles. The Morgan fingerprint density at radius 2 is 2.29 bits per heavy atom. The first-order valence-electron chi connectivity index (χ1n) is 7.33. The Hall–Kier alpha value is -2.05. The van der Waals surface area contributed by atoms with Crippen molar-refractivity contribution in [3.63, 3.8) is 0 Å². The molecule has 3 heterocycles. The molecule has 2 saturated heterocycles. The van der Waals surface area contributed by atoms with Gasteiger partial charge in [-0.15, -0.1) is 0 Å². The molecular weight excluding hydrogens is 272 g/mol. The second kappa shape index (κ2) is 5.38. The van der Waals surface area contributed by atoms with Crippen molar-refractivity contribution in [3.8, 4) is 0 Å². The van der Waals surface area contributed by atoms with Crippen LogP contribution in [-0.4, -0.2) is 50.4 Å². The van der Waals surface area contributed by atoms with Crippen LogP contribution >= 0.6 is 0 Å². The number of carbonyl (C=O) groups excluding carboxylic acids is 1. The first-order valence-corrected chi connectivity index (χ1v) is 7.33. The highest BCUT2D eigenvalue weighted by molar-refractivity contribution is 5.79. The quantitative estimate of drug-likeness (QED) is 0.851.